The van der Waals surface area contributed by atoms with E-state index in [-0.39, 0.29) is 12.1 Å². The van der Waals surface area contributed by atoms with Crippen LogP contribution in [0.2, 0.25) is 10.0 Å². The van der Waals surface area contributed by atoms with Crippen molar-refractivity contribution in [3.8, 4) is 0 Å². The average molecular weight is 315 g/mol. The van der Waals surface area contributed by atoms with Crippen LogP contribution in [0.25, 0.3) is 0 Å². The molecule has 0 aromatic heterocycles. The number of carbonyl (C=O) groups excluding carboxylic acids is 1. The number of aliphatic hydroxyl groups excluding tert-OH is 1. The third kappa shape index (κ3) is 2.48. The van der Waals surface area contributed by atoms with Gasteiger partial charge in [-0.15, -0.1) is 0 Å². The van der Waals surface area contributed by atoms with E-state index >= 15 is 0 Å². The quantitative estimate of drug-likeness (QED) is 0.882. The maximum Gasteiger partial charge on any atom is 0.317 e. The molecule has 0 unspecified atom stereocenters. The second kappa shape index (κ2) is 5.10. The van der Waals surface area contributed by atoms with Gasteiger partial charge in [-0.1, -0.05) is 23.2 Å². The van der Waals surface area contributed by atoms with Gasteiger partial charge in [-0.2, -0.15) is 0 Å². The zero-order valence-corrected chi connectivity index (χ0v) is 12.6. The molecule has 0 saturated heterocycles. The number of benzene rings is 1. The Hall–Kier alpha value is -0.970. The Balaban J connectivity index is 1.88. The second-order valence-corrected chi connectivity index (χ2v) is 6.35. The van der Waals surface area contributed by atoms with E-state index in [0.717, 1.165) is 24.0 Å². The van der Waals surface area contributed by atoms with Crippen LogP contribution in [0.4, 0.5) is 4.79 Å². The van der Waals surface area contributed by atoms with Gasteiger partial charge in [0.2, 0.25) is 0 Å². The molecular formula is C14H16Cl2N2O2. The predicted octanol–water partition coefficient (Wildman–Crippen LogP) is 2.76. The highest BCUT2D eigenvalue weighted by molar-refractivity contribution is 6.35. The number of urea groups is 1. The summed E-state index contributed by atoms with van der Waals surface area (Å²) in [5, 5.41) is 14.3. The summed E-state index contributed by atoms with van der Waals surface area (Å²) < 4.78 is 0. The summed E-state index contributed by atoms with van der Waals surface area (Å²) in [5.41, 5.74) is 1.71. The number of hydrogen-bond donors (Lipinski definition) is 2. The molecule has 0 spiro atoms. The molecule has 0 bridgehead atoms. The van der Waals surface area contributed by atoms with Crippen molar-refractivity contribution in [2.24, 2.45) is 0 Å². The number of nitrogens with one attached hydrogen (secondary N) is 1. The lowest BCUT2D eigenvalue weighted by molar-refractivity contribution is 0.0891. The molecule has 1 fully saturated rings. The molecule has 2 aliphatic carbocycles. The fraction of sp³-hybridized carbons (Fsp3) is 0.500. The maximum atomic E-state index is 12.1. The van der Waals surface area contributed by atoms with Gasteiger partial charge in [-0.3, -0.25) is 0 Å². The molecule has 20 heavy (non-hydrogen) atoms. The lowest BCUT2D eigenvalue weighted by atomic mass is 10.1. The first-order chi connectivity index (χ1) is 9.47. The Morgan fingerprint density at radius 3 is 2.75 bits per heavy atom. The third-order valence-corrected chi connectivity index (χ3v) is 4.49. The molecule has 0 heterocycles. The van der Waals surface area contributed by atoms with E-state index in [2.05, 4.69) is 5.32 Å². The van der Waals surface area contributed by atoms with Crippen molar-refractivity contribution < 1.29 is 9.90 Å². The van der Waals surface area contributed by atoms with E-state index in [0.29, 0.717) is 16.5 Å². The van der Waals surface area contributed by atoms with Crippen molar-refractivity contribution in [3.05, 3.63) is 33.3 Å². The molecule has 2 amide bonds. The molecule has 2 aliphatic rings. The van der Waals surface area contributed by atoms with Crippen LogP contribution in [0.15, 0.2) is 12.1 Å². The third-order valence-electron chi connectivity index (χ3n) is 3.93. The molecule has 0 radical (unpaired) electrons. The molecule has 0 aliphatic heterocycles. The Kier molecular flexibility index (Phi) is 3.56. The number of nitrogens with zero attached hydrogens (tertiary/aromatic N) is 1. The summed E-state index contributed by atoms with van der Waals surface area (Å²) in [6.07, 6.45) is 1.84. The van der Waals surface area contributed by atoms with Crippen LogP contribution in [0, 0.1) is 0 Å². The highest BCUT2D eigenvalue weighted by Crippen LogP contribution is 2.40. The summed E-state index contributed by atoms with van der Waals surface area (Å²) in [6.45, 7) is 0. The number of carbonyl (C=O) groups is 1. The largest absolute Gasteiger partial charge is 0.390 e. The standard InChI is InChI=1S/C14H16Cl2N2O2/c1-18(14(20)17-8-2-3-8)13-10-4-7(15)5-11(16)9(10)6-12(13)19/h4-5,8,12-13,19H,2-3,6H2,1H3,(H,17,20)/t12-,13+/m1/s1. The number of halogens is 2. The molecule has 6 heteroatoms. The van der Waals surface area contributed by atoms with Crippen molar-refractivity contribution in [2.45, 2.75) is 37.5 Å². The molecule has 2 N–H and O–H groups in total. The highest BCUT2D eigenvalue weighted by Gasteiger charge is 2.38. The van der Waals surface area contributed by atoms with Crippen molar-refractivity contribution in [2.75, 3.05) is 7.05 Å². The fourth-order valence-corrected chi connectivity index (χ4v) is 3.31. The second-order valence-electron chi connectivity index (χ2n) is 5.51. The Morgan fingerprint density at radius 1 is 1.40 bits per heavy atom. The molecule has 3 rings (SSSR count). The fourth-order valence-electron chi connectivity index (χ4n) is 2.73. The summed E-state index contributed by atoms with van der Waals surface area (Å²) in [5.74, 6) is 0. The van der Waals surface area contributed by atoms with Gasteiger partial charge in [0, 0.05) is 29.6 Å². The van der Waals surface area contributed by atoms with Gasteiger partial charge < -0.3 is 15.3 Å². The topological polar surface area (TPSA) is 52.6 Å². The lowest BCUT2D eigenvalue weighted by Gasteiger charge is -2.28. The number of likely N-dealkylation sites (N-methyl/N-ethyl adjacent to an activating group) is 1. The van der Waals surface area contributed by atoms with Gasteiger partial charge in [0.25, 0.3) is 0 Å². The minimum absolute atomic E-state index is 0.166. The number of aliphatic hydroxyl groups is 1. The minimum Gasteiger partial charge on any atom is -0.390 e. The van der Waals surface area contributed by atoms with E-state index in [1.165, 1.54) is 0 Å². The molecular weight excluding hydrogens is 299 g/mol. The normalized spacial score (nSPS) is 24.4. The van der Waals surface area contributed by atoms with Crippen molar-refractivity contribution in [1.29, 1.82) is 0 Å². The van der Waals surface area contributed by atoms with E-state index in [9.17, 15) is 9.90 Å². The Labute approximate surface area is 127 Å². The molecule has 108 valence electrons. The summed E-state index contributed by atoms with van der Waals surface area (Å²) >= 11 is 12.2. The van der Waals surface area contributed by atoms with Crippen molar-refractivity contribution in [1.82, 2.24) is 10.2 Å². The van der Waals surface area contributed by atoms with Crippen LogP contribution in [0.1, 0.15) is 30.0 Å². The SMILES string of the molecule is CN(C(=O)NC1CC1)[C@H]1c2cc(Cl)cc(Cl)c2C[C@H]1O. The Morgan fingerprint density at radius 2 is 2.10 bits per heavy atom. The summed E-state index contributed by atoms with van der Waals surface area (Å²) in [4.78, 5) is 13.7. The number of hydrogen-bond acceptors (Lipinski definition) is 2. The van der Waals surface area contributed by atoms with Crippen molar-refractivity contribution in [3.63, 3.8) is 0 Å². The molecule has 4 nitrogen and oxygen atoms in total. The number of rotatable bonds is 2. The van der Waals surface area contributed by atoms with Crippen LogP contribution >= 0.6 is 23.2 Å². The van der Waals surface area contributed by atoms with Gasteiger partial charge in [0.15, 0.2) is 0 Å². The van der Waals surface area contributed by atoms with Crippen LogP contribution in [0.5, 0.6) is 0 Å². The molecule has 1 saturated carbocycles. The van der Waals surface area contributed by atoms with Gasteiger partial charge in [0.05, 0.1) is 12.1 Å². The number of amides is 2. The van der Waals surface area contributed by atoms with Gasteiger partial charge in [0.1, 0.15) is 0 Å². The van der Waals surface area contributed by atoms with E-state index in [4.69, 9.17) is 23.2 Å². The maximum absolute atomic E-state index is 12.1. The molecule has 1 aromatic rings. The van der Waals surface area contributed by atoms with Gasteiger partial charge in [-0.05, 0) is 36.1 Å². The minimum atomic E-state index is -0.657. The smallest absolute Gasteiger partial charge is 0.317 e. The van der Waals surface area contributed by atoms with E-state index in [1.807, 2.05) is 0 Å². The first kappa shape index (κ1) is 14.0. The summed E-state index contributed by atoms with van der Waals surface area (Å²) in [7, 11) is 1.69. The summed E-state index contributed by atoms with van der Waals surface area (Å²) in [6, 6.07) is 3.16. The van der Waals surface area contributed by atoms with Crippen LogP contribution in [0.3, 0.4) is 0 Å². The number of fused-ring (bicyclic) bond motifs is 1. The van der Waals surface area contributed by atoms with Crippen LogP contribution in [-0.4, -0.2) is 35.2 Å². The zero-order valence-electron chi connectivity index (χ0n) is 11.1. The average Bonchev–Trinajstić information content (AvgIpc) is 3.11. The van der Waals surface area contributed by atoms with Gasteiger partial charge >= 0.3 is 6.03 Å². The molecule has 2 atom stereocenters. The van der Waals surface area contributed by atoms with Crippen molar-refractivity contribution >= 4 is 29.2 Å². The van der Waals surface area contributed by atoms with Crippen LogP contribution < -0.4 is 5.32 Å². The Bertz CT molecular complexity index is 560. The first-order valence-corrected chi connectivity index (χ1v) is 7.42. The predicted molar refractivity (Wildman–Crippen MR) is 78.2 cm³/mol. The van der Waals surface area contributed by atoms with Crippen LogP contribution in [-0.2, 0) is 6.42 Å². The van der Waals surface area contributed by atoms with Gasteiger partial charge in [-0.25, -0.2) is 4.79 Å². The van der Waals surface area contributed by atoms with E-state index < -0.39 is 12.1 Å². The lowest BCUT2D eigenvalue weighted by Crippen LogP contribution is -2.43. The molecule has 1 aromatic carbocycles. The zero-order chi connectivity index (χ0) is 14.4. The van der Waals surface area contributed by atoms with E-state index in [1.54, 1.807) is 24.1 Å². The highest BCUT2D eigenvalue weighted by atomic mass is 35.5. The first-order valence-electron chi connectivity index (χ1n) is 6.66. The monoisotopic (exact) mass is 314 g/mol.